The lowest BCUT2D eigenvalue weighted by Crippen LogP contribution is -2.20. The largest absolute Gasteiger partial charge is 0.326 e. The van der Waals surface area contributed by atoms with Gasteiger partial charge in [0.2, 0.25) is 5.91 Å². The average Bonchev–Trinajstić information content (AvgIpc) is 3.03. The number of carbonyl (C=O) groups excluding carboxylic acids is 1. The Morgan fingerprint density at radius 3 is 2.81 bits per heavy atom. The lowest BCUT2D eigenvalue weighted by molar-refractivity contribution is -0.385. The van der Waals surface area contributed by atoms with Crippen molar-refractivity contribution in [1.29, 1.82) is 0 Å². The van der Waals surface area contributed by atoms with Crippen LogP contribution in [-0.4, -0.2) is 10.8 Å². The van der Waals surface area contributed by atoms with Crippen LogP contribution >= 0.6 is 0 Å². The van der Waals surface area contributed by atoms with Crippen molar-refractivity contribution < 1.29 is 9.72 Å². The van der Waals surface area contributed by atoms with Crippen molar-refractivity contribution in [1.82, 2.24) is 0 Å². The quantitative estimate of drug-likeness (QED) is 0.678. The van der Waals surface area contributed by atoms with Crippen molar-refractivity contribution in [3.05, 3.63) is 33.9 Å². The van der Waals surface area contributed by atoms with Crippen LogP contribution in [0, 0.1) is 34.8 Å². The molecule has 1 amide bonds. The van der Waals surface area contributed by atoms with Crippen LogP contribution in [0.2, 0.25) is 0 Å². The molecule has 0 heterocycles. The third-order valence-corrected chi connectivity index (χ3v) is 5.02. The van der Waals surface area contributed by atoms with Crippen molar-refractivity contribution in [3.8, 4) is 0 Å². The summed E-state index contributed by atoms with van der Waals surface area (Å²) in [6.45, 7) is 1.69. The molecule has 0 aliphatic heterocycles. The van der Waals surface area contributed by atoms with Crippen molar-refractivity contribution in [2.45, 2.75) is 39.0 Å². The van der Waals surface area contributed by atoms with Gasteiger partial charge in [0.15, 0.2) is 0 Å². The van der Waals surface area contributed by atoms with E-state index in [1.807, 2.05) is 0 Å². The number of carbonyl (C=O) groups is 1. The minimum atomic E-state index is -0.416. The van der Waals surface area contributed by atoms with Gasteiger partial charge in [0.1, 0.15) is 0 Å². The lowest BCUT2D eigenvalue weighted by atomic mass is 9.86. The molecule has 5 heteroatoms. The second kappa shape index (κ2) is 5.47. The molecule has 2 fully saturated rings. The number of fused-ring (bicyclic) bond motifs is 2. The van der Waals surface area contributed by atoms with Crippen LogP contribution in [0.4, 0.5) is 11.4 Å². The topological polar surface area (TPSA) is 72.2 Å². The Morgan fingerprint density at radius 2 is 2.19 bits per heavy atom. The zero-order chi connectivity index (χ0) is 15.0. The van der Waals surface area contributed by atoms with E-state index in [1.54, 1.807) is 19.1 Å². The highest BCUT2D eigenvalue weighted by molar-refractivity contribution is 5.91. The second-order valence-corrected chi connectivity index (χ2v) is 6.45. The molecule has 2 bridgehead atoms. The molecule has 2 saturated carbocycles. The predicted molar refractivity (Wildman–Crippen MR) is 80.0 cm³/mol. The molecule has 1 aromatic rings. The number of benzene rings is 1. The van der Waals surface area contributed by atoms with Crippen LogP contribution in [0.15, 0.2) is 18.2 Å². The standard InChI is InChI=1S/C16H20N2O3/c1-10-2-5-14(9-15(10)18(20)21)17-16(19)8-13-7-11-3-4-12(13)6-11/h2,5,9,11-13H,3-4,6-8H2,1H3,(H,17,19). The minimum absolute atomic E-state index is 0.0225. The summed E-state index contributed by atoms with van der Waals surface area (Å²) in [7, 11) is 0. The van der Waals surface area contributed by atoms with Crippen LogP contribution < -0.4 is 5.32 Å². The number of nitrogens with one attached hydrogen (secondary N) is 1. The number of amides is 1. The summed E-state index contributed by atoms with van der Waals surface area (Å²) in [5, 5.41) is 13.7. The fourth-order valence-electron chi connectivity index (χ4n) is 3.96. The zero-order valence-corrected chi connectivity index (χ0v) is 12.2. The van der Waals surface area contributed by atoms with Gasteiger partial charge in [-0.2, -0.15) is 0 Å². The lowest BCUT2D eigenvalue weighted by Gasteiger charge is -2.20. The van der Waals surface area contributed by atoms with E-state index in [1.165, 1.54) is 31.7 Å². The number of aryl methyl sites for hydroxylation is 1. The highest BCUT2D eigenvalue weighted by atomic mass is 16.6. The van der Waals surface area contributed by atoms with E-state index >= 15 is 0 Å². The van der Waals surface area contributed by atoms with Gasteiger partial charge in [-0.1, -0.05) is 12.5 Å². The number of nitro groups is 1. The maximum Gasteiger partial charge on any atom is 0.274 e. The number of hydrogen-bond donors (Lipinski definition) is 1. The first kappa shape index (κ1) is 14.0. The molecule has 0 aromatic heterocycles. The molecule has 2 aliphatic carbocycles. The maximum absolute atomic E-state index is 12.1. The number of hydrogen-bond acceptors (Lipinski definition) is 3. The Morgan fingerprint density at radius 1 is 1.38 bits per heavy atom. The Hall–Kier alpha value is -1.91. The van der Waals surface area contributed by atoms with Crippen molar-refractivity contribution in [2.75, 3.05) is 5.32 Å². The molecule has 0 spiro atoms. The predicted octanol–water partition coefficient (Wildman–Crippen LogP) is 3.67. The minimum Gasteiger partial charge on any atom is -0.326 e. The van der Waals surface area contributed by atoms with E-state index in [0.717, 1.165) is 5.92 Å². The van der Waals surface area contributed by atoms with Gasteiger partial charge in [0, 0.05) is 23.7 Å². The Bertz CT molecular complexity index is 585. The van der Waals surface area contributed by atoms with E-state index in [2.05, 4.69) is 5.32 Å². The van der Waals surface area contributed by atoms with Gasteiger partial charge in [-0.25, -0.2) is 0 Å². The van der Waals surface area contributed by atoms with Crippen LogP contribution in [0.1, 0.15) is 37.7 Å². The van der Waals surface area contributed by atoms with Gasteiger partial charge < -0.3 is 5.32 Å². The highest BCUT2D eigenvalue weighted by Crippen LogP contribution is 2.49. The number of nitrogens with zero attached hydrogens (tertiary/aromatic N) is 1. The molecule has 3 atom stereocenters. The molecular formula is C16H20N2O3. The van der Waals surface area contributed by atoms with Crippen LogP contribution in [-0.2, 0) is 4.79 Å². The van der Waals surface area contributed by atoms with Gasteiger partial charge in [-0.05, 0) is 50.0 Å². The van der Waals surface area contributed by atoms with Gasteiger partial charge in [0.25, 0.3) is 5.69 Å². The Labute approximate surface area is 123 Å². The second-order valence-electron chi connectivity index (χ2n) is 6.45. The van der Waals surface area contributed by atoms with E-state index in [9.17, 15) is 14.9 Å². The summed E-state index contributed by atoms with van der Waals surface area (Å²) < 4.78 is 0. The van der Waals surface area contributed by atoms with Gasteiger partial charge in [-0.3, -0.25) is 14.9 Å². The molecular weight excluding hydrogens is 268 g/mol. The van der Waals surface area contributed by atoms with Crippen LogP contribution in [0.3, 0.4) is 0 Å². The first-order valence-corrected chi connectivity index (χ1v) is 7.58. The zero-order valence-electron chi connectivity index (χ0n) is 12.2. The summed E-state index contributed by atoms with van der Waals surface area (Å²) >= 11 is 0. The van der Waals surface area contributed by atoms with Crippen LogP contribution in [0.5, 0.6) is 0 Å². The van der Waals surface area contributed by atoms with Gasteiger partial charge in [-0.15, -0.1) is 0 Å². The monoisotopic (exact) mass is 288 g/mol. The smallest absolute Gasteiger partial charge is 0.274 e. The van der Waals surface area contributed by atoms with Gasteiger partial charge in [0.05, 0.1) is 4.92 Å². The normalized spacial score (nSPS) is 26.8. The number of rotatable bonds is 4. The van der Waals surface area contributed by atoms with E-state index in [4.69, 9.17) is 0 Å². The highest BCUT2D eigenvalue weighted by Gasteiger charge is 2.40. The fraction of sp³-hybridized carbons (Fsp3) is 0.562. The van der Waals surface area contributed by atoms with Gasteiger partial charge >= 0.3 is 0 Å². The molecule has 2 aliphatic rings. The molecule has 1 aromatic carbocycles. The number of nitro benzene ring substituents is 1. The van der Waals surface area contributed by atoms with Crippen LogP contribution in [0.25, 0.3) is 0 Å². The summed E-state index contributed by atoms with van der Waals surface area (Å²) in [5.41, 5.74) is 1.17. The fourth-order valence-corrected chi connectivity index (χ4v) is 3.96. The van der Waals surface area contributed by atoms with E-state index in [0.29, 0.717) is 29.5 Å². The third-order valence-electron chi connectivity index (χ3n) is 5.02. The molecule has 112 valence electrons. The summed E-state index contributed by atoms with van der Waals surface area (Å²) in [4.78, 5) is 22.6. The van der Waals surface area contributed by atoms with E-state index in [-0.39, 0.29) is 11.6 Å². The molecule has 5 nitrogen and oxygen atoms in total. The first-order chi connectivity index (χ1) is 10.0. The molecule has 0 saturated heterocycles. The summed E-state index contributed by atoms with van der Waals surface area (Å²) in [6.07, 6.45) is 5.59. The SMILES string of the molecule is Cc1ccc(NC(=O)CC2CC3CCC2C3)cc1[N+](=O)[O-]. The molecule has 3 rings (SSSR count). The molecule has 0 radical (unpaired) electrons. The van der Waals surface area contributed by atoms with Crippen molar-refractivity contribution in [2.24, 2.45) is 17.8 Å². The van der Waals surface area contributed by atoms with E-state index < -0.39 is 4.92 Å². The molecule has 21 heavy (non-hydrogen) atoms. The summed E-state index contributed by atoms with van der Waals surface area (Å²) in [5.74, 6) is 2.02. The first-order valence-electron chi connectivity index (χ1n) is 7.58. The Kier molecular flexibility index (Phi) is 3.66. The maximum atomic E-state index is 12.1. The molecule has 3 unspecified atom stereocenters. The van der Waals surface area contributed by atoms with Crippen molar-refractivity contribution in [3.63, 3.8) is 0 Å². The average molecular weight is 288 g/mol. The molecule has 1 N–H and O–H groups in total. The number of anilines is 1. The van der Waals surface area contributed by atoms with Crippen molar-refractivity contribution >= 4 is 17.3 Å². The summed E-state index contributed by atoms with van der Waals surface area (Å²) in [6, 6.07) is 4.83. The third kappa shape index (κ3) is 2.91. The Balaban J connectivity index is 1.62.